The number of nitrogens with zero attached hydrogens (tertiary/aromatic N) is 1. The Morgan fingerprint density at radius 2 is 1.90 bits per heavy atom. The summed E-state index contributed by atoms with van der Waals surface area (Å²) in [5.74, 6) is -4.45. The summed E-state index contributed by atoms with van der Waals surface area (Å²) in [6.07, 6.45) is -0.143. The summed E-state index contributed by atoms with van der Waals surface area (Å²) in [6, 6.07) is 2.45. The van der Waals surface area contributed by atoms with Crippen LogP contribution in [0.2, 0.25) is 0 Å². The van der Waals surface area contributed by atoms with E-state index in [-0.39, 0.29) is 12.3 Å². The first-order chi connectivity index (χ1) is 9.62. The van der Waals surface area contributed by atoms with Crippen molar-refractivity contribution in [3.05, 3.63) is 35.4 Å². The number of carbonyl (C=O) groups excluding carboxylic acids is 1. The quantitative estimate of drug-likeness (QED) is 0.913. The third-order valence-corrected chi connectivity index (χ3v) is 3.65. The molecular formula is C15H17F2NO3. The maximum Gasteiger partial charge on any atom is 0.309 e. The highest BCUT2D eigenvalue weighted by atomic mass is 19.2. The van der Waals surface area contributed by atoms with E-state index in [0.29, 0.717) is 5.56 Å². The zero-order valence-corrected chi connectivity index (χ0v) is 12.1. The minimum absolute atomic E-state index is 0.143. The molecule has 6 heteroatoms. The Hall–Kier alpha value is -1.98. The van der Waals surface area contributed by atoms with Gasteiger partial charge in [-0.05, 0) is 38.5 Å². The molecule has 1 saturated heterocycles. The molecule has 0 spiro atoms. The van der Waals surface area contributed by atoms with Gasteiger partial charge in [0.2, 0.25) is 5.91 Å². The summed E-state index contributed by atoms with van der Waals surface area (Å²) in [5, 5.41) is 9.32. The van der Waals surface area contributed by atoms with Crippen LogP contribution >= 0.6 is 0 Å². The maximum atomic E-state index is 13.5. The number of carboxylic acid groups (broad SMARTS) is 1. The molecule has 0 aliphatic carbocycles. The van der Waals surface area contributed by atoms with Crippen LogP contribution in [0.3, 0.4) is 0 Å². The lowest BCUT2D eigenvalue weighted by Crippen LogP contribution is -2.44. The minimum atomic E-state index is -1.12. The third kappa shape index (κ3) is 2.75. The van der Waals surface area contributed by atoms with Crippen molar-refractivity contribution in [1.82, 2.24) is 4.90 Å². The number of carbonyl (C=O) groups is 2. The Balaban J connectivity index is 2.54. The molecule has 1 aromatic carbocycles. The molecule has 0 bridgehead atoms. The van der Waals surface area contributed by atoms with E-state index in [1.165, 1.54) is 11.0 Å². The number of halogens is 2. The van der Waals surface area contributed by atoms with Crippen LogP contribution in [0.5, 0.6) is 0 Å². The van der Waals surface area contributed by atoms with E-state index in [1.54, 1.807) is 20.8 Å². The van der Waals surface area contributed by atoms with Crippen molar-refractivity contribution in [3.8, 4) is 0 Å². The van der Waals surface area contributed by atoms with Gasteiger partial charge in [0.05, 0.1) is 12.0 Å². The molecule has 1 heterocycles. The summed E-state index contributed by atoms with van der Waals surface area (Å²) < 4.78 is 26.5. The molecule has 2 rings (SSSR count). The molecule has 0 aromatic heterocycles. The number of hydrogen-bond acceptors (Lipinski definition) is 2. The summed E-state index contributed by atoms with van der Waals surface area (Å²) in [6.45, 7) is 5.34. The number of amides is 1. The number of aliphatic carboxylic acids is 1. The minimum Gasteiger partial charge on any atom is -0.481 e. The van der Waals surface area contributed by atoms with Crippen LogP contribution in [0.4, 0.5) is 8.78 Å². The third-order valence-electron chi connectivity index (χ3n) is 3.65. The standard InChI is InChI=1S/C15H17F2NO3/c1-15(2,3)18-12(19)7-9(14(20)21)13(18)8-4-5-10(16)11(17)6-8/h4-6,9,13H,7H2,1-3H3,(H,20,21). The zero-order chi connectivity index (χ0) is 15.9. The lowest BCUT2D eigenvalue weighted by molar-refractivity contribution is -0.142. The van der Waals surface area contributed by atoms with Gasteiger partial charge in [-0.25, -0.2) is 8.78 Å². The number of hydrogen-bond donors (Lipinski definition) is 1. The van der Waals surface area contributed by atoms with E-state index in [0.717, 1.165) is 12.1 Å². The highest BCUT2D eigenvalue weighted by molar-refractivity contribution is 5.87. The molecule has 1 amide bonds. The molecule has 1 aromatic rings. The van der Waals surface area contributed by atoms with E-state index in [2.05, 4.69) is 0 Å². The Bertz CT molecular complexity index is 595. The van der Waals surface area contributed by atoms with Crippen molar-refractivity contribution in [3.63, 3.8) is 0 Å². The van der Waals surface area contributed by atoms with Gasteiger partial charge in [0.1, 0.15) is 0 Å². The summed E-state index contributed by atoms with van der Waals surface area (Å²) >= 11 is 0. The molecule has 1 N–H and O–H groups in total. The van der Waals surface area contributed by atoms with Gasteiger partial charge in [0.15, 0.2) is 11.6 Å². The van der Waals surface area contributed by atoms with Gasteiger partial charge in [0, 0.05) is 12.0 Å². The SMILES string of the molecule is CC(C)(C)N1C(=O)CC(C(=O)O)C1c1ccc(F)c(F)c1. The lowest BCUT2D eigenvalue weighted by atomic mass is 9.91. The lowest BCUT2D eigenvalue weighted by Gasteiger charge is -2.38. The Labute approximate surface area is 121 Å². The second kappa shape index (κ2) is 5.09. The molecule has 2 unspecified atom stereocenters. The van der Waals surface area contributed by atoms with Crippen LogP contribution < -0.4 is 0 Å². The summed E-state index contributed by atoms with van der Waals surface area (Å²) in [7, 11) is 0. The molecule has 114 valence electrons. The van der Waals surface area contributed by atoms with Gasteiger partial charge in [-0.3, -0.25) is 9.59 Å². The van der Waals surface area contributed by atoms with Crippen LogP contribution in [0.25, 0.3) is 0 Å². The van der Waals surface area contributed by atoms with Gasteiger partial charge in [0.25, 0.3) is 0 Å². The Kier molecular flexibility index (Phi) is 3.74. The summed E-state index contributed by atoms with van der Waals surface area (Å²) in [4.78, 5) is 25.0. The van der Waals surface area contributed by atoms with E-state index < -0.39 is 35.1 Å². The molecule has 0 radical (unpaired) electrons. The van der Waals surface area contributed by atoms with Gasteiger partial charge in [-0.15, -0.1) is 0 Å². The average molecular weight is 297 g/mol. The van der Waals surface area contributed by atoms with Crippen LogP contribution in [0.1, 0.15) is 38.8 Å². The van der Waals surface area contributed by atoms with Crippen LogP contribution in [-0.2, 0) is 9.59 Å². The molecule has 1 aliphatic heterocycles. The molecule has 1 aliphatic rings. The fourth-order valence-corrected chi connectivity index (χ4v) is 2.82. The van der Waals surface area contributed by atoms with Gasteiger partial charge < -0.3 is 10.0 Å². The van der Waals surface area contributed by atoms with E-state index >= 15 is 0 Å². The van der Waals surface area contributed by atoms with Crippen molar-refractivity contribution < 1.29 is 23.5 Å². The molecule has 0 saturated carbocycles. The van der Waals surface area contributed by atoms with E-state index in [1.807, 2.05) is 0 Å². The zero-order valence-electron chi connectivity index (χ0n) is 12.1. The van der Waals surface area contributed by atoms with E-state index in [4.69, 9.17) is 0 Å². The van der Waals surface area contributed by atoms with Crippen LogP contribution in [0.15, 0.2) is 18.2 Å². The first-order valence-corrected chi connectivity index (χ1v) is 6.63. The van der Waals surface area contributed by atoms with Crippen molar-refractivity contribution in [2.75, 3.05) is 0 Å². The number of likely N-dealkylation sites (tertiary alicyclic amines) is 1. The first kappa shape index (κ1) is 15.4. The second-order valence-electron chi connectivity index (χ2n) is 6.20. The highest BCUT2D eigenvalue weighted by Gasteiger charge is 2.48. The van der Waals surface area contributed by atoms with Crippen LogP contribution in [-0.4, -0.2) is 27.4 Å². The number of carboxylic acids is 1. The molecule has 21 heavy (non-hydrogen) atoms. The highest BCUT2D eigenvalue weighted by Crippen LogP contribution is 2.42. The largest absolute Gasteiger partial charge is 0.481 e. The monoisotopic (exact) mass is 297 g/mol. The molecule has 2 atom stereocenters. The maximum absolute atomic E-state index is 13.5. The Morgan fingerprint density at radius 3 is 2.38 bits per heavy atom. The molecular weight excluding hydrogens is 280 g/mol. The predicted molar refractivity (Wildman–Crippen MR) is 71.4 cm³/mol. The number of rotatable bonds is 2. The average Bonchev–Trinajstić information content (AvgIpc) is 2.70. The second-order valence-corrected chi connectivity index (χ2v) is 6.20. The normalized spacial score (nSPS) is 22.7. The Morgan fingerprint density at radius 1 is 1.29 bits per heavy atom. The topological polar surface area (TPSA) is 57.6 Å². The van der Waals surface area contributed by atoms with E-state index in [9.17, 15) is 23.5 Å². The predicted octanol–water partition coefficient (Wildman–Crippen LogP) is 2.74. The molecule has 4 nitrogen and oxygen atoms in total. The fourth-order valence-electron chi connectivity index (χ4n) is 2.82. The van der Waals surface area contributed by atoms with Crippen molar-refractivity contribution >= 4 is 11.9 Å². The van der Waals surface area contributed by atoms with Crippen molar-refractivity contribution in [2.24, 2.45) is 5.92 Å². The van der Waals surface area contributed by atoms with Crippen molar-refractivity contribution in [2.45, 2.75) is 38.8 Å². The first-order valence-electron chi connectivity index (χ1n) is 6.63. The van der Waals surface area contributed by atoms with Gasteiger partial charge in [-0.2, -0.15) is 0 Å². The summed E-state index contributed by atoms with van der Waals surface area (Å²) in [5.41, 5.74) is -0.321. The smallest absolute Gasteiger partial charge is 0.309 e. The van der Waals surface area contributed by atoms with Crippen molar-refractivity contribution in [1.29, 1.82) is 0 Å². The molecule has 1 fully saturated rings. The number of benzene rings is 1. The fraction of sp³-hybridized carbons (Fsp3) is 0.467. The van der Waals surface area contributed by atoms with Gasteiger partial charge in [-0.1, -0.05) is 6.07 Å². The van der Waals surface area contributed by atoms with Gasteiger partial charge >= 0.3 is 5.97 Å². The van der Waals surface area contributed by atoms with Crippen LogP contribution in [0, 0.1) is 17.6 Å².